The molecule has 2 amide bonds. The van der Waals surface area contributed by atoms with Gasteiger partial charge in [0.1, 0.15) is 12.4 Å². The second-order valence-corrected chi connectivity index (χ2v) is 6.85. The SMILES string of the molecule is Cn1nccc1[C@H]1CCCCN1C(=O)N[C@H]1COc2ccccc2C1. The lowest BCUT2D eigenvalue weighted by Crippen LogP contribution is -2.51. The van der Waals surface area contributed by atoms with Crippen molar-refractivity contribution in [1.82, 2.24) is 20.0 Å². The number of likely N-dealkylation sites (tertiary alicyclic amines) is 1. The Morgan fingerprint density at radius 2 is 2.16 bits per heavy atom. The lowest BCUT2D eigenvalue weighted by molar-refractivity contribution is 0.138. The minimum absolute atomic E-state index is 0.00104. The molecule has 1 aromatic carbocycles. The molecule has 6 nitrogen and oxygen atoms in total. The summed E-state index contributed by atoms with van der Waals surface area (Å²) in [6.07, 6.45) is 5.78. The summed E-state index contributed by atoms with van der Waals surface area (Å²) < 4.78 is 7.67. The van der Waals surface area contributed by atoms with E-state index >= 15 is 0 Å². The number of carbonyl (C=O) groups is 1. The van der Waals surface area contributed by atoms with Crippen molar-refractivity contribution >= 4 is 6.03 Å². The standard InChI is InChI=1S/C19H24N4O2/c1-22-16(9-10-20-22)17-7-4-5-11-23(17)19(24)21-15-12-14-6-2-3-8-18(14)25-13-15/h2-3,6,8-10,15,17H,4-5,7,11-13H2,1H3,(H,21,24)/t15-,17-/m1/s1. The van der Waals surface area contributed by atoms with Crippen molar-refractivity contribution < 1.29 is 9.53 Å². The van der Waals surface area contributed by atoms with Crippen LogP contribution in [0.2, 0.25) is 0 Å². The molecule has 0 aliphatic carbocycles. The van der Waals surface area contributed by atoms with Crippen LogP contribution in [0.5, 0.6) is 5.75 Å². The number of aryl methyl sites for hydroxylation is 1. The molecule has 0 unspecified atom stereocenters. The van der Waals surface area contributed by atoms with E-state index in [1.165, 1.54) is 0 Å². The van der Waals surface area contributed by atoms with Crippen LogP contribution in [0.25, 0.3) is 0 Å². The number of fused-ring (bicyclic) bond motifs is 1. The third kappa shape index (κ3) is 3.21. The summed E-state index contributed by atoms with van der Waals surface area (Å²) >= 11 is 0. The number of nitrogens with one attached hydrogen (secondary N) is 1. The Hall–Kier alpha value is -2.50. The van der Waals surface area contributed by atoms with Crippen molar-refractivity contribution in [3.05, 3.63) is 47.8 Å². The summed E-state index contributed by atoms with van der Waals surface area (Å²) in [5, 5.41) is 7.44. The van der Waals surface area contributed by atoms with Gasteiger partial charge in [0.05, 0.1) is 17.8 Å². The van der Waals surface area contributed by atoms with Gasteiger partial charge in [0.25, 0.3) is 0 Å². The van der Waals surface area contributed by atoms with E-state index in [1.54, 1.807) is 6.20 Å². The number of aromatic nitrogens is 2. The van der Waals surface area contributed by atoms with Crippen LogP contribution in [0.1, 0.15) is 36.6 Å². The fourth-order valence-electron chi connectivity index (χ4n) is 3.87. The molecular weight excluding hydrogens is 316 g/mol. The monoisotopic (exact) mass is 340 g/mol. The topological polar surface area (TPSA) is 59.4 Å². The molecular formula is C19H24N4O2. The van der Waals surface area contributed by atoms with E-state index in [0.717, 1.165) is 49.2 Å². The molecule has 0 spiro atoms. The number of urea groups is 1. The van der Waals surface area contributed by atoms with Gasteiger partial charge in [-0.15, -0.1) is 0 Å². The highest BCUT2D eigenvalue weighted by Crippen LogP contribution is 2.31. The Morgan fingerprint density at radius 1 is 1.28 bits per heavy atom. The molecule has 0 saturated carbocycles. The first-order chi connectivity index (χ1) is 12.2. The molecule has 6 heteroatoms. The van der Waals surface area contributed by atoms with E-state index in [1.807, 2.05) is 40.9 Å². The van der Waals surface area contributed by atoms with Crippen LogP contribution in [-0.4, -0.2) is 39.9 Å². The highest BCUT2D eigenvalue weighted by atomic mass is 16.5. The normalized spacial score (nSPS) is 22.8. The van der Waals surface area contributed by atoms with Crippen LogP contribution in [0, 0.1) is 0 Å². The van der Waals surface area contributed by atoms with E-state index in [9.17, 15) is 4.79 Å². The molecule has 4 rings (SSSR count). The minimum Gasteiger partial charge on any atom is -0.491 e. The number of benzene rings is 1. The summed E-state index contributed by atoms with van der Waals surface area (Å²) in [6.45, 7) is 1.30. The van der Waals surface area contributed by atoms with Gasteiger partial charge >= 0.3 is 6.03 Å². The quantitative estimate of drug-likeness (QED) is 0.914. The van der Waals surface area contributed by atoms with E-state index in [-0.39, 0.29) is 18.1 Å². The third-order valence-electron chi connectivity index (χ3n) is 5.17. The largest absolute Gasteiger partial charge is 0.491 e. The minimum atomic E-state index is -0.00104. The maximum atomic E-state index is 12.9. The van der Waals surface area contributed by atoms with Gasteiger partial charge < -0.3 is 15.0 Å². The molecule has 1 aromatic heterocycles. The molecule has 2 aliphatic rings. The van der Waals surface area contributed by atoms with Gasteiger partial charge in [0, 0.05) is 19.8 Å². The predicted molar refractivity (Wildman–Crippen MR) is 94.5 cm³/mol. The number of nitrogens with zero attached hydrogens (tertiary/aromatic N) is 3. The van der Waals surface area contributed by atoms with E-state index in [0.29, 0.717) is 6.61 Å². The number of piperidine rings is 1. The Morgan fingerprint density at radius 3 is 3.00 bits per heavy atom. The van der Waals surface area contributed by atoms with Crippen molar-refractivity contribution in [3.63, 3.8) is 0 Å². The average molecular weight is 340 g/mol. The molecule has 2 aromatic rings. The Kier molecular flexibility index (Phi) is 4.34. The maximum absolute atomic E-state index is 12.9. The van der Waals surface area contributed by atoms with Gasteiger partial charge in [0.2, 0.25) is 0 Å². The lowest BCUT2D eigenvalue weighted by atomic mass is 9.99. The summed E-state index contributed by atoms with van der Waals surface area (Å²) in [6, 6.07) is 10.1. The van der Waals surface area contributed by atoms with Gasteiger partial charge in [-0.1, -0.05) is 18.2 Å². The summed E-state index contributed by atoms with van der Waals surface area (Å²) in [5.41, 5.74) is 2.25. The second-order valence-electron chi connectivity index (χ2n) is 6.85. The predicted octanol–water partition coefficient (Wildman–Crippen LogP) is 2.66. The zero-order valence-electron chi connectivity index (χ0n) is 14.5. The van der Waals surface area contributed by atoms with Crippen molar-refractivity contribution in [2.45, 2.75) is 37.8 Å². The molecule has 2 aliphatic heterocycles. The number of carbonyl (C=O) groups excluding carboxylic acids is 1. The number of para-hydroxylation sites is 1. The molecule has 0 radical (unpaired) electrons. The molecule has 3 heterocycles. The van der Waals surface area contributed by atoms with Crippen molar-refractivity contribution in [2.75, 3.05) is 13.2 Å². The smallest absolute Gasteiger partial charge is 0.318 e. The lowest BCUT2D eigenvalue weighted by Gasteiger charge is -2.37. The van der Waals surface area contributed by atoms with Gasteiger partial charge in [-0.3, -0.25) is 4.68 Å². The number of rotatable bonds is 2. The Labute approximate surface area is 147 Å². The van der Waals surface area contributed by atoms with Crippen LogP contribution in [-0.2, 0) is 13.5 Å². The molecule has 1 saturated heterocycles. The zero-order valence-corrected chi connectivity index (χ0v) is 14.5. The first kappa shape index (κ1) is 16.0. The highest BCUT2D eigenvalue weighted by molar-refractivity contribution is 5.75. The molecule has 2 atom stereocenters. The molecule has 132 valence electrons. The third-order valence-corrected chi connectivity index (χ3v) is 5.17. The first-order valence-electron chi connectivity index (χ1n) is 8.98. The van der Waals surface area contributed by atoms with Gasteiger partial charge in [-0.2, -0.15) is 5.10 Å². The van der Waals surface area contributed by atoms with Gasteiger partial charge in [-0.05, 0) is 43.4 Å². The van der Waals surface area contributed by atoms with Gasteiger partial charge in [0.15, 0.2) is 0 Å². The van der Waals surface area contributed by atoms with E-state index in [4.69, 9.17) is 4.74 Å². The van der Waals surface area contributed by atoms with Crippen molar-refractivity contribution in [2.24, 2.45) is 7.05 Å². The number of amides is 2. The Bertz CT molecular complexity index is 757. The number of hydrogen-bond donors (Lipinski definition) is 1. The van der Waals surface area contributed by atoms with E-state index in [2.05, 4.69) is 16.5 Å². The van der Waals surface area contributed by atoms with E-state index < -0.39 is 0 Å². The number of ether oxygens (including phenoxy) is 1. The molecule has 1 N–H and O–H groups in total. The van der Waals surface area contributed by atoms with Crippen LogP contribution < -0.4 is 10.1 Å². The highest BCUT2D eigenvalue weighted by Gasteiger charge is 2.31. The Balaban J connectivity index is 1.46. The zero-order chi connectivity index (χ0) is 17.2. The first-order valence-corrected chi connectivity index (χ1v) is 8.98. The summed E-state index contributed by atoms with van der Waals surface area (Å²) in [4.78, 5) is 14.9. The fourth-order valence-corrected chi connectivity index (χ4v) is 3.87. The fraction of sp³-hybridized carbons (Fsp3) is 0.474. The summed E-state index contributed by atoms with van der Waals surface area (Å²) in [5.74, 6) is 0.929. The molecule has 25 heavy (non-hydrogen) atoms. The molecule has 1 fully saturated rings. The summed E-state index contributed by atoms with van der Waals surface area (Å²) in [7, 11) is 1.94. The van der Waals surface area contributed by atoms with Gasteiger partial charge in [-0.25, -0.2) is 4.79 Å². The van der Waals surface area contributed by atoms with Crippen LogP contribution in [0.15, 0.2) is 36.5 Å². The van der Waals surface area contributed by atoms with Crippen molar-refractivity contribution in [1.29, 1.82) is 0 Å². The van der Waals surface area contributed by atoms with Crippen LogP contribution in [0.3, 0.4) is 0 Å². The maximum Gasteiger partial charge on any atom is 0.318 e. The average Bonchev–Trinajstić information content (AvgIpc) is 3.07. The molecule has 0 bridgehead atoms. The van der Waals surface area contributed by atoms with Crippen LogP contribution >= 0.6 is 0 Å². The van der Waals surface area contributed by atoms with Crippen molar-refractivity contribution in [3.8, 4) is 5.75 Å². The van der Waals surface area contributed by atoms with Crippen LogP contribution in [0.4, 0.5) is 4.79 Å². The second kappa shape index (κ2) is 6.78. The number of hydrogen-bond acceptors (Lipinski definition) is 3.